The highest BCUT2D eigenvalue weighted by Gasteiger charge is 2.41. The minimum absolute atomic E-state index is 0.470. The van der Waals surface area contributed by atoms with Crippen LogP contribution in [0.2, 0.25) is 0 Å². The number of benzene rings is 2. The standard InChI is InChI=1S/C16H17ClO3S/c1-16(17,21(2,19)20)15(18)14-10-8-13(9-11-14)12-6-4-3-5-7-12/h3-11,15,18H,1-2H3/t15-,16+/m1/s1. The zero-order valence-electron chi connectivity index (χ0n) is 11.8. The van der Waals surface area contributed by atoms with Crippen molar-refractivity contribution in [2.24, 2.45) is 0 Å². The maximum atomic E-state index is 11.7. The molecule has 0 bridgehead atoms. The van der Waals surface area contributed by atoms with Gasteiger partial charge >= 0.3 is 0 Å². The third-order valence-corrected chi connectivity index (χ3v) is 6.27. The molecule has 0 fully saturated rings. The quantitative estimate of drug-likeness (QED) is 0.877. The van der Waals surface area contributed by atoms with Gasteiger partial charge in [0.25, 0.3) is 0 Å². The summed E-state index contributed by atoms with van der Waals surface area (Å²) in [4.78, 5) is 0. The number of hydrogen-bond acceptors (Lipinski definition) is 3. The Hall–Kier alpha value is -1.36. The fourth-order valence-electron chi connectivity index (χ4n) is 1.99. The van der Waals surface area contributed by atoms with E-state index in [0.29, 0.717) is 5.56 Å². The van der Waals surface area contributed by atoms with Gasteiger partial charge in [-0.15, -0.1) is 0 Å². The monoisotopic (exact) mass is 324 g/mol. The van der Waals surface area contributed by atoms with Gasteiger partial charge in [-0.3, -0.25) is 0 Å². The molecule has 0 saturated carbocycles. The first-order chi connectivity index (χ1) is 9.73. The molecule has 2 aromatic carbocycles. The van der Waals surface area contributed by atoms with Gasteiger partial charge in [0.15, 0.2) is 14.0 Å². The maximum absolute atomic E-state index is 11.7. The van der Waals surface area contributed by atoms with E-state index in [2.05, 4.69) is 0 Å². The van der Waals surface area contributed by atoms with Gasteiger partial charge in [-0.1, -0.05) is 66.2 Å². The predicted molar refractivity (Wildman–Crippen MR) is 85.9 cm³/mol. The molecule has 21 heavy (non-hydrogen) atoms. The van der Waals surface area contributed by atoms with Crippen LogP contribution in [-0.4, -0.2) is 24.0 Å². The Bertz CT molecular complexity index is 707. The minimum Gasteiger partial charge on any atom is -0.385 e. The van der Waals surface area contributed by atoms with Crippen LogP contribution < -0.4 is 0 Å². The molecule has 0 aliphatic rings. The van der Waals surface area contributed by atoms with Crippen LogP contribution in [0, 0.1) is 0 Å². The molecular formula is C16H17ClO3S. The van der Waals surface area contributed by atoms with E-state index in [0.717, 1.165) is 17.4 Å². The van der Waals surface area contributed by atoms with Gasteiger partial charge in [0.05, 0.1) is 0 Å². The minimum atomic E-state index is -3.60. The molecule has 112 valence electrons. The fourth-order valence-corrected chi connectivity index (χ4v) is 2.66. The van der Waals surface area contributed by atoms with Gasteiger partial charge in [-0.05, 0) is 23.6 Å². The highest BCUT2D eigenvalue weighted by atomic mass is 35.5. The molecule has 0 radical (unpaired) electrons. The van der Waals surface area contributed by atoms with Crippen molar-refractivity contribution in [1.82, 2.24) is 0 Å². The molecule has 0 amide bonds. The number of alkyl halides is 1. The van der Waals surface area contributed by atoms with E-state index >= 15 is 0 Å². The Labute approximate surface area is 130 Å². The highest BCUT2D eigenvalue weighted by Crippen LogP contribution is 2.36. The summed E-state index contributed by atoms with van der Waals surface area (Å²) in [5.74, 6) is 0. The lowest BCUT2D eigenvalue weighted by Crippen LogP contribution is -2.35. The summed E-state index contributed by atoms with van der Waals surface area (Å²) in [6.07, 6.45) is -0.277. The second-order valence-corrected chi connectivity index (χ2v) is 8.55. The molecule has 2 atom stereocenters. The lowest BCUT2D eigenvalue weighted by molar-refractivity contribution is 0.163. The van der Waals surface area contributed by atoms with E-state index in [4.69, 9.17) is 11.6 Å². The van der Waals surface area contributed by atoms with E-state index < -0.39 is 20.1 Å². The molecule has 2 aromatic rings. The van der Waals surface area contributed by atoms with Crippen molar-refractivity contribution in [2.75, 3.05) is 6.26 Å². The second kappa shape index (κ2) is 5.79. The van der Waals surface area contributed by atoms with Crippen LogP contribution in [0.5, 0.6) is 0 Å². The molecule has 0 aliphatic heterocycles. The number of sulfone groups is 1. The lowest BCUT2D eigenvalue weighted by atomic mass is 10.0. The van der Waals surface area contributed by atoms with Crippen molar-refractivity contribution in [3.63, 3.8) is 0 Å². The second-order valence-electron chi connectivity index (χ2n) is 5.15. The third kappa shape index (κ3) is 3.28. The zero-order valence-corrected chi connectivity index (χ0v) is 13.4. The Balaban J connectivity index is 2.32. The summed E-state index contributed by atoms with van der Waals surface area (Å²) in [5.41, 5.74) is 2.51. The van der Waals surface area contributed by atoms with Crippen LogP contribution in [0.15, 0.2) is 54.6 Å². The number of halogens is 1. The molecule has 5 heteroatoms. The molecule has 0 aliphatic carbocycles. The first-order valence-electron chi connectivity index (χ1n) is 6.45. The van der Waals surface area contributed by atoms with Crippen LogP contribution in [-0.2, 0) is 9.84 Å². The van der Waals surface area contributed by atoms with Crippen LogP contribution in [0.25, 0.3) is 11.1 Å². The number of aliphatic hydroxyl groups excluding tert-OH is 1. The summed E-state index contributed by atoms with van der Waals surface area (Å²) in [5, 5.41) is 10.2. The first kappa shape index (κ1) is 16.0. The molecule has 0 heterocycles. The summed E-state index contributed by atoms with van der Waals surface area (Å²) < 4.78 is 21.6. The van der Waals surface area contributed by atoms with Gasteiger partial charge in [0.1, 0.15) is 6.10 Å². The fraction of sp³-hybridized carbons (Fsp3) is 0.250. The van der Waals surface area contributed by atoms with E-state index in [9.17, 15) is 13.5 Å². The van der Waals surface area contributed by atoms with Gasteiger partial charge in [-0.2, -0.15) is 0 Å². The Morgan fingerprint density at radius 1 is 1.00 bits per heavy atom. The summed E-state index contributed by atoms with van der Waals surface area (Å²) in [7, 11) is -3.60. The molecule has 0 aromatic heterocycles. The van der Waals surface area contributed by atoms with Crippen molar-refractivity contribution >= 4 is 21.4 Å². The van der Waals surface area contributed by atoms with Crippen LogP contribution >= 0.6 is 11.6 Å². The summed E-state index contributed by atoms with van der Waals surface area (Å²) in [6, 6.07) is 16.8. The molecule has 1 N–H and O–H groups in total. The third-order valence-electron chi connectivity index (χ3n) is 3.55. The van der Waals surface area contributed by atoms with Crippen molar-refractivity contribution < 1.29 is 13.5 Å². The van der Waals surface area contributed by atoms with Crippen LogP contribution in [0.3, 0.4) is 0 Å². The largest absolute Gasteiger partial charge is 0.385 e. The number of rotatable bonds is 4. The van der Waals surface area contributed by atoms with E-state index in [1.54, 1.807) is 12.1 Å². The average molecular weight is 325 g/mol. The SMILES string of the molecule is C[C@@](Cl)([C@H](O)c1ccc(-c2ccccc2)cc1)S(C)(=O)=O. The van der Waals surface area contributed by atoms with E-state index in [-0.39, 0.29) is 0 Å². The van der Waals surface area contributed by atoms with Gasteiger partial charge in [0, 0.05) is 6.26 Å². The first-order valence-corrected chi connectivity index (χ1v) is 8.72. The van der Waals surface area contributed by atoms with Crippen molar-refractivity contribution in [2.45, 2.75) is 17.2 Å². The maximum Gasteiger partial charge on any atom is 0.172 e. The molecular weight excluding hydrogens is 308 g/mol. The molecule has 3 nitrogen and oxygen atoms in total. The van der Waals surface area contributed by atoms with Crippen LogP contribution in [0.4, 0.5) is 0 Å². The smallest absolute Gasteiger partial charge is 0.172 e. The van der Waals surface area contributed by atoms with E-state index in [1.807, 2.05) is 42.5 Å². The Morgan fingerprint density at radius 3 is 1.95 bits per heavy atom. The van der Waals surface area contributed by atoms with Crippen molar-refractivity contribution in [3.8, 4) is 11.1 Å². The normalized spacial score (nSPS) is 16.2. The zero-order chi connectivity index (χ0) is 15.7. The Morgan fingerprint density at radius 2 is 1.48 bits per heavy atom. The van der Waals surface area contributed by atoms with Crippen LogP contribution in [0.1, 0.15) is 18.6 Å². The lowest BCUT2D eigenvalue weighted by Gasteiger charge is -2.26. The van der Waals surface area contributed by atoms with Gasteiger partial charge in [-0.25, -0.2) is 8.42 Å². The van der Waals surface area contributed by atoms with Gasteiger partial charge in [0.2, 0.25) is 0 Å². The van der Waals surface area contributed by atoms with Gasteiger partial charge < -0.3 is 5.11 Å². The molecule has 2 rings (SSSR count). The summed E-state index contributed by atoms with van der Waals surface area (Å²) >= 11 is 6.02. The molecule has 0 unspecified atom stereocenters. The summed E-state index contributed by atoms with van der Waals surface area (Å²) in [6.45, 7) is 1.31. The predicted octanol–water partition coefficient (Wildman–Crippen LogP) is 3.39. The van der Waals surface area contributed by atoms with E-state index in [1.165, 1.54) is 6.92 Å². The number of hydrogen-bond donors (Lipinski definition) is 1. The average Bonchev–Trinajstić information content (AvgIpc) is 2.46. The Kier molecular flexibility index (Phi) is 4.42. The molecule has 0 spiro atoms. The number of aliphatic hydroxyl groups is 1. The highest BCUT2D eigenvalue weighted by molar-refractivity contribution is 7.93. The van der Waals surface area contributed by atoms with Crippen molar-refractivity contribution in [3.05, 3.63) is 60.2 Å². The van der Waals surface area contributed by atoms with Crippen molar-refractivity contribution in [1.29, 1.82) is 0 Å². The molecule has 0 saturated heterocycles. The topological polar surface area (TPSA) is 54.4 Å².